The summed E-state index contributed by atoms with van der Waals surface area (Å²) in [6.07, 6.45) is 1.55. The molecule has 0 spiro atoms. The summed E-state index contributed by atoms with van der Waals surface area (Å²) in [6, 6.07) is 22.9. The van der Waals surface area contributed by atoms with E-state index in [0.29, 0.717) is 63.9 Å². The van der Waals surface area contributed by atoms with Crippen molar-refractivity contribution in [2.45, 2.75) is 32.4 Å². The summed E-state index contributed by atoms with van der Waals surface area (Å²) in [7, 11) is 0. The van der Waals surface area contributed by atoms with E-state index >= 15 is 0 Å². The normalized spacial score (nSPS) is 15.7. The molecule has 12 heteroatoms. The molecule has 0 aliphatic carbocycles. The molecule has 3 aromatic carbocycles. The van der Waals surface area contributed by atoms with Gasteiger partial charge in [-0.15, -0.1) is 0 Å². The molecule has 1 unspecified atom stereocenters. The van der Waals surface area contributed by atoms with Crippen LogP contribution in [0.3, 0.4) is 0 Å². The molecule has 8 rings (SSSR count). The summed E-state index contributed by atoms with van der Waals surface area (Å²) >= 11 is 18.2. The summed E-state index contributed by atoms with van der Waals surface area (Å²) in [6.45, 7) is 3.85. The first-order valence-electron chi connectivity index (χ1n) is 14.9. The van der Waals surface area contributed by atoms with Crippen LogP contribution in [0.2, 0.25) is 15.2 Å². The van der Waals surface area contributed by atoms with Crippen molar-refractivity contribution >= 4 is 68.7 Å². The van der Waals surface area contributed by atoms with E-state index in [4.69, 9.17) is 34.8 Å². The number of carbonyl (C=O) groups is 2. The van der Waals surface area contributed by atoms with E-state index in [1.807, 2.05) is 47.4 Å². The average Bonchev–Trinajstić information content (AvgIpc) is 3.71. The fraction of sp³-hybridized carbons (Fsp3) is 0.206. The Hall–Kier alpha value is -4.44. The van der Waals surface area contributed by atoms with Gasteiger partial charge in [0.05, 0.1) is 27.1 Å². The van der Waals surface area contributed by atoms with Crippen LogP contribution in [0.1, 0.15) is 56.6 Å². The molecular weight excluding hydrogens is 645 g/mol. The third-order valence-electron chi connectivity index (χ3n) is 8.49. The van der Waals surface area contributed by atoms with Crippen LogP contribution in [0.25, 0.3) is 22.1 Å². The van der Waals surface area contributed by atoms with E-state index in [2.05, 4.69) is 44.0 Å². The molecule has 2 aliphatic heterocycles. The van der Waals surface area contributed by atoms with Gasteiger partial charge in [-0.2, -0.15) is 0 Å². The topological polar surface area (TPSA) is 111 Å². The van der Waals surface area contributed by atoms with Crippen molar-refractivity contribution in [2.75, 3.05) is 13.1 Å². The van der Waals surface area contributed by atoms with Crippen LogP contribution in [0.15, 0.2) is 72.8 Å². The second-order valence-electron chi connectivity index (χ2n) is 11.3. The Balaban J connectivity index is 0.000000147. The highest BCUT2D eigenvalue weighted by atomic mass is 35.5. The Bertz CT molecular complexity index is 2130. The first kappa shape index (κ1) is 30.2. The molecule has 232 valence electrons. The number of H-pyrrole nitrogens is 2. The highest BCUT2D eigenvalue weighted by Gasteiger charge is 2.30. The van der Waals surface area contributed by atoms with Crippen LogP contribution in [-0.2, 0) is 19.4 Å². The lowest BCUT2D eigenvalue weighted by atomic mass is 9.93. The molecule has 2 aliphatic rings. The number of fused-ring (bicyclic) bond motifs is 4. The number of aromatic amines is 2. The summed E-state index contributed by atoms with van der Waals surface area (Å²) < 4.78 is 0. The Morgan fingerprint density at radius 3 is 2.04 bits per heavy atom. The number of pyridine rings is 1. The average molecular weight is 673 g/mol. The molecule has 0 fully saturated rings. The third kappa shape index (κ3) is 5.70. The summed E-state index contributed by atoms with van der Waals surface area (Å²) in [5, 5.41) is 1.56. The lowest BCUT2D eigenvalue weighted by molar-refractivity contribution is 0.0665. The number of benzene rings is 3. The highest BCUT2D eigenvalue weighted by molar-refractivity contribution is 6.35. The van der Waals surface area contributed by atoms with Crippen molar-refractivity contribution in [3.63, 3.8) is 0 Å². The molecule has 0 radical (unpaired) electrons. The number of aromatic nitrogens is 5. The molecule has 2 N–H and O–H groups in total. The van der Waals surface area contributed by atoms with Crippen molar-refractivity contribution in [1.29, 1.82) is 0 Å². The summed E-state index contributed by atoms with van der Waals surface area (Å²) in [5.74, 6) is 0.426. The van der Waals surface area contributed by atoms with Crippen LogP contribution < -0.4 is 0 Å². The van der Waals surface area contributed by atoms with Gasteiger partial charge in [0, 0.05) is 31.7 Å². The fourth-order valence-electron chi connectivity index (χ4n) is 6.09. The third-order valence-corrected chi connectivity index (χ3v) is 9.31. The number of hydrogen-bond donors (Lipinski definition) is 2. The first-order chi connectivity index (χ1) is 22.3. The van der Waals surface area contributed by atoms with E-state index in [9.17, 15) is 9.59 Å². The molecule has 1 atom stereocenters. The molecule has 5 heterocycles. The van der Waals surface area contributed by atoms with Crippen LogP contribution in [0, 0.1) is 0 Å². The predicted octanol–water partition coefficient (Wildman–Crippen LogP) is 7.44. The molecule has 2 amide bonds. The quantitative estimate of drug-likeness (QED) is 0.186. The number of para-hydroxylation sites is 2. The van der Waals surface area contributed by atoms with Crippen molar-refractivity contribution in [3.05, 3.63) is 122 Å². The fourth-order valence-corrected chi connectivity index (χ4v) is 6.69. The van der Waals surface area contributed by atoms with Gasteiger partial charge in [-0.3, -0.25) is 9.59 Å². The zero-order valence-electron chi connectivity index (χ0n) is 24.7. The van der Waals surface area contributed by atoms with Crippen molar-refractivity contribution < 1.29 is 9.59 Å². The molecule has 9 nitrogen and oxygen atoms in total. The minimum atomic E-state index is -0.141. The van der Waals surface area contributed by atoms with Gasteiger partial charge in [0.25, 0.3) is 11.8 Å². The van der Waals surface area contributed by atoms with E-state index in [1.54, 1.807) is 23.1 Å². The van der Waals surface area contributed by atoms with Crippen LogP contribution in [-0.4, -0.2) is 59.6 Å². The predicted molar refractivity (Wildman–Crippen MR) is 179 cm³/mol. The Morgan fingerprint density at radius 1 is 0.717 bits per heavy atom. The number of imidazole rings is 2. The van der Waals surface area contributed by atoms with Crippen LogP contribution in [0.4, 0.5) is 0 Å². The molecule has 46 heavy (non-hydrogen) atoms. The summed E-state index contributed by atoms with van der Waals surface area (Å²) in [4.78, 5) is 48.4. The zero-order chi connectivity index (χ0) is 31.9. The Kier molecular flexibility index (Phi) is 8.15. The van der Waals surface area contributed by atoms with Gasteiger partial charge in [0.15, 0.2) is 11.6 Å². The number of rotatable bonds is 2. The van der Waals surface area contributed by atoms with E-state index in [0.717, 1.165) is 28.7 Å². The number of halogens is 3. The van der Waals surface area contributed by atoms with Gasteiger partial charge >= 0.3 is 0 Å². The van der Waals surface area contributed by atoms with E-state index in [-0.39, 0.29) is 17.9 Å². The summed E-state index contributed by atoms with van der Waals surface area (Å²) in [5.41, 5.74) is 7.29. The van der Waals surface area contributed by atoms with Crippen LogP contribution in [0.5, 0.6) is 0 Å². The number of amides is 2. The zero-order valence-corrected chi connectivity index (χ0v) is 27.0. The molecule has 0 bridgehead atoms. The van der Waals surface area contributed by atoms with E-state index in [1.165, 1.54) is 11.1 Å². The second kappa shape index (κ2) is 12.4. The standard InChI is InChI=1S/C18H16ClN3O.C16H12Cl2N4O/c1-11-13-6-3-2-5-12(13)9-10-22(11)18(23)17-20-15-8-4-7-14(19)16(15)21-17;17-10-2-1-3-12-14(10)21-15(20-12)16(23)22-7-6-11-9(8-22)4-5-13(18)19-11/h2-8,11H,9-10H2,1H3,(H,20,21);1-5H,6-8H2,(H,20,21). The highest BCUT2D eigenvalue weighted by Crippen LogP contribution is 2.31. The number of hydrogen-bond acceptors (Lipinski definition) is 5. The maximum Gasteiger partial charge on any atom is 0.290 e. The number of nitrogens with zero attached hydrogens (tertiary/aromatic N) is 5. The minimum absolute atomic E-state index is 0.0381. The second-order valence-corrected chi connectivity index (χ2v) is 12.5. The molecule has 0 saturated heterocycles. The number of nitrogens with one attached hydrogen (secondary N) is 2. The maximum absolute atomic E-state index is 12.9. The monoisotopic (exact) mass is 671 g/mol. The van der Waals surface area contributed by atoms with Gasteiger partial charge in [0.2, 0.25) is 0 Å². The lowest BCUT2D eigenvalue weighted by Crippen LogP contribution is -2.39. The van der Waals surface area contributed by atoms with Crippen LogP contribution >= 0.6 is 34.8 Å². The largest absolute Gasteiger partial charge is 0.334 e. The molecule has 6 aromatic rings. The van der Waals surface area contributed by atoms with Gasteiger partial charge in [-0.05, 0) is 60.4 Å². The van der Waals surface area contributed by atoms with Crippen molar-refractivity contribution in [1.82, 2.24) is 34.7 Å². The molecule has 3 aromatic heterocycles. The molecule has 0 saturated carbocycles. The van der Waals surface area contributed by atoms with Crippen molar-refractivity contribution in [2.24, 2.45) is 0 Å². The lowest BCUT2D eigenvalue weighted by Gasteiger charge is -2.34. The van der Waals surface area contributed by atoms with Gasteiger partial charge in [0.1, 0.15) is 16.2 Å². The SMILES string of the molecule is CC1c2ccccc2CCN1C(=O)c1nc2c(Cl)cccc2[nH]1.O=C(c1nc2c(Cl)cccc2[nH]1)N1CCc2nc(Cl)ccc2C1. The molecular formula is C34H28Cl3N7O2. The number of carbonyl (C=O) groups excluding carboxylic acids is 2. The van der Waals surface area contributed by atoms with E-state index < -0.39 is 0 Å². The first-order valence-corrected chi connectivity index (χ1v) is 16.0. The van der Waals surface area contributed by atoms with Crippen molar-refractivity contribution in [3.8, 4) is 0 Å². The van der Waals surface area contributed by atoms with Gasteiger partial charge < -0.3 is 19.8 Å². The smallest absolute Gasteiger partial charge is 0.290 e. The van der Waals surface area contributed by atoms with Gasteiger partial charge in [-0.25, -0.2) is 15.0 Å². The van der Waals surface area contributed by atoms with Gasteiger partial charge in [-0.1, -0.05) is 77.3 Å². The minimum Gasteiger partial charge on any atom is -0.334 e. The Labute approximate surface area is 279 Å². The maximum atomic E-state index is 12.9. The Morgan fingerprint density at radius 2 is 1.37 bits per heavy atom.